The number of para-hydroxylation sites is 1. The van der Waals surface area contributed by atoms with Crippen LogP contribution in [0.2, 0.25) is 0 Å². The van der Waals surface area contributed by atoms with E-state index in [2.05, 4.69) is 43.4 Å². The zero-order chi connectivity index (χ0) is 16.5. The van der Waals surface area contributed by atoms with Gasteiger partial charge in [-0.25, -0.2) is 15.0 Å². The molecule has 3 heterocycles. The van der Waals surface area contributed by atoms with Gasteiger partial charge in [-0.15, -0.1) is 0 Å². The first-order chi connectivity index (χ1) is 11.7. The second kappa shape index (κ2) is 5.81. The average molecular weight is 318 g/mol. The van der Waals surface area contributed by atoms with Gasteiger partial charge in [-0.05, 0) is 42.7 Å². The molecule has 0 bridgehead atoms. The maximum Gasteiger partial charge on any atom is 0.161 e. The molecule has 120 valence electrons. The summed E-state index contributed by atoms with van der Waals surface area (Å²) in [4.78, 5) is 15.1. The number of pyridine rings is 1. The smallest absolute Gasteiger partial charge is 0.161 e. The fourth-order valence-electron chi connectivity index (χ4n) is 2.99. The molecular formula is C18H18N6. The van der Waals surface area contributed by atoms with Crippen LogP contribution in [0.25, 0.3) is 0 Å². The molecule has 3 aromatic rings. The number of rotatable bonds is 3. The molecule has 4 rings (SSSR count). The summed E-state index contributed by atoms with van der Waals surface area (Å²) in [5.74, 6) is 2.01. The summed E-state index contributed by atoms with van der Waals surface area (Å²) in [5.41, 5.74) is 10.5. The normalized spacial score (nSPS) is 13.0. The number of anilines is 5. The summed E-state index contributed by atoms with van der Waals surface area (Å²) in [6, 6.07) is 12.2. The van der Waals surface area contributed by atoms with Crippen LogP contribution >= 0.6 is 0 Å². The van der Waals surface area contributed by atoms with Crippen LogP contribution in [0.3, 0.4) is 0 Å². The van der Waals surface area contributed by atoms with Crippen molar-refractivity contribution < 1.29 is 0 Å². The number of aryl methyl sites for hydroxylation is 1. The Kier molecular flexibility index (Phi) is 3.49. The largest absolute Gasteiger partial charge is 0.393 e. The molecule has 0 unspecified atom stereocenters. The molecule has 6 heteroatoms. The molecule has 0 aliphatic carbocycles. The van der Waals surface area contributed by atoms with Crippen LogP contribution in [0.4, 0.5) is 28.8 Å². The third-order valence-corrected chi connectivity index (χ3v) is 4.17. The van der Waals surface area contributed by atoms with Crippen LogP contribution < -0.4 is 16.0 Å². The van der Waals surface area contributed by atoms with E-state index in [-0.39, 0.29) is 0 Å². The van der Waals surface area contributed by atoms with Crippen LogP contribution in [-0.2, 0) is 6.42 Å². The number of nitrogens with zero attached hydrogens (tertiary/aromatic N) is 4. The van der Waals surface area contributed by atoms with E-state index in [9.17, 15) is 0 Å². The summed E-state index contributed by atoms with van der Waals surface area (Å²) < 4.78 is 0. The van der Waals surface area contributed by atoms with E-state index in [0.717, 1.165) is 30.0 Å². The lowest BCUT2D eigenvalue weighted by Crippen LogP contribution is -2.17. The Hall–Kier alpha value is -3.15. The number of fused-ring (bicyclic) bond motifs is 1. The van der Waals surface area contributed by atoms with Gasteiger partial charge in [0.15, 0.2) is 11.6 Å². The molecule has 0 amide bonds. The zero-order valence-corrected chi connectivity index (χ0v) is 13.4. The van der Waals surface area contributed by atoms with Gasteiger partial charge < -0.3 is 16.0 Å². The minimum absolute atomic E-state index is 0.525. The lowest BCUT2D eigenvalue weighted by Gasteiger charge is -2.21. The molecule has 6 nitrogen and oxygen atoms in total. The first kappa shape index (κ1) is 14.4. The van der Waals surface area contributed by atoms with E-state index in [1.165, 1.54) is 11.9 Å². The van der Waals surface area contributed by atoms with Gasteiger partial charge in [0.05, 0.1) is 0 Å². The van der Waals surface area contributed by atoms with E-state index < -0.39 is 0 Å². The maximum absolute atomic E-state index is 6.35. The number of hydrogen-bond acceptors (Lipinski definition) is 6. The molecule has 1 aromatic carbocycles. The Bertz CT molecular complexity index is 892. The van der Waals surface area contributed by atoms with Crippen molar-refractivity contribution in [2.24, 2.45) is 0 Å². The summed E-state index contributed by atoms with van der Waals surface area (Å²) in [6.07, 6.45) is 4.28. The van der Waals surface area contributed by atoms with Crippen molar-refractivity contribution in [1.29, 1.82) is 0 Å². The van der Waals surface area contributed by atoms with Crippen molar-refractivity contribution in [3.05, 3.63) is 60.0 Å². The maximum atomic E-state index is 6.35. The Morgan fingerprint density at radius 3 is 2.88 bits per heavy atom. The van der Waals surface area contributed by atoms with Gasteiger partial charge in [0.25, 0.3) is 0 Å². The lowest BCUT2D eigenvalue weighted by atomic mass is 10.2. The number of nitrogens with two attached hydrogens (primary N) is 1. The number of aromatic nitrogens is 3. The summed E-state index contributed by atoms with van der Waals surface area (Å²) >= 11 is 0. The van der Waals surface area contributed by atoms with E-state index in [1.54, 1.807) is 6.20 Å². The lowest BCUT2D eigenvalue weighted by molar-refractivity contribution is 0.967. The zero-order valence-electron chi connectivity index (χ0n) is 13.4. The molecule has 1 aliphatic rings. The van der Waals surface area contributed by atoms with Crippen molar-refractivity contribution in [3.63, 3.8) is 0 Å². The van der Waals surface area contributed by atoms with Crippen molar-refractivity contribution in [2.45, 2.75) is 13.3 Å². The van der Waals surface area contributed by atoms with Gasteiger partial charge in [-0.2, -0.15) is 0 Å². The second-order valence-electron chi connectivity index (χ2n) is 5.83. The topological polar surface area (TPSA) is 80.0 Å². The van der Waals surface area contributed by atoms with Gasteiger partial charge in [0, 0.05) is 18.4 Å². The standard InChI is InChI=1S/C18H18N6/c1-12-6-8-20-15(10-12)23-17-16(19)18(22-11-21-17)24-9-7-13-4-2-3-5-14(13)24/h2-6,8,10-11H,7,9,19H2,1H3,(H,20,21,22,23). The Labute approximate surface area is 140 Å². The fourth-order valence-corrected chi connectivity index (χ4v) is 2.99. The number of hydrogen-bond donors (Lipinski definition) is 2. The van der Waals surface area contributed by atoms with Gasteiger partial charge in [0.2, 0.25) is 0 Å². The number of nitrogen functional groups attached to an aromatic ring is 1. The van der Waals surface area contributed by atoms with Crippen LogP contribution in [0.5, 0.6) is 0 Å². The molecule has 24 heavy (non-hydrogen) atoms. The Balaban J connectivity index is 1.69. The van der Waals surface area contributed by atoms with Crippen molar-refractivity contribution >= 4 is 28.8 Å². The molecule has 0 spiro atoms. The van der Waals surface area contributed by atoms with Crippen molar-refractivity contribution in [2.75, 3.05) is 22.5 Å². The van der Waals surface area contributed by atoms with E-state index in [1.807, 2.05) is 25.1 Å². The van der Waals surface area contributed by atoms with Gasteiger partial charge in [-0.3, -0.25) is 0 Å². The van der Waals surface area contributed by atoms with Crippen molar-refractivity contribution in [1.82, 2.24) is 15.0 Å². The minimum atomic E-state index is 0.525. The molecule has 0 fully saturated rings. The highest BCUT2D eigenvalue weighted by Crippen LogP contribution is 2.37. The molecule has 1 aliphatic heterocycles. The molecular weight excluding hydrogens is 300 g/mol. The monoisotopic (exact) mass is 318 g/mol. The van der Waals surface area contributed by atoms with E-state index in [4.69, 9.17) is 5.73 Å². The van der Waals surface area contributed by atoms with Gasteiger partial charge in [-0.1, -0.05) is 18.2 Å². The predicted molar refractivity (Wildman–Crippen MR) is 95.9 cm³/mol. The Morgan fingerprint density at radius 1 is 1.12 bits per heavy atom. The average Bonchev–Trinajstić information content (AvgIpc) is 3.01. The highest BCUT2D eigenvalue weighted by atomic mass is 15.2. The Morgan fingerprint density at radius 2 is 2.00 bits per heavy atom. The number of nitrogens with one attached hydrogen (secondary N) is 1. The van der Waals surface area contributed by atoms with Gasteiger partial charge in [0.1, 0.15) is 17.8 Å². The molecule has 2 aromatic heterocycles. The molecule has 3 N–H and O–H groups in total. The first-order valence-corrected chi connectivity index (χ1v) is 7.88. The summed E-state index contributed by atoms with van der Waals surface area (Å²) in [6.45, 7) is 2.88. The second-order valence-corrected chi connectivity index (χ2v) is 5.83. The third-order valence-electron chi connectivity index (χ3n) is 4.17. The minimum Gasteiger partial charge on any atom is -0.393 e. The fraction of sp³-hybridized carbons (Fsp3) is 0.167. The van der Waals surface area contributed by atoms with Crippen LogP contribution in [0.1, 0.15) is 11.1 Å². The first-order valence-electron chi connectivity index (χ1n) is 7.88. The molecule has 0 radical (unpaired) electrons. The highest BCUT2D eigenvalue weighted by Gasteiger charge is 2.23. The molecule has 0 saturated heterocycles. The predicted octanol–water partition coefficient (Wildman–Crippen LogP) is 3.20. The van der Waals surface area contributed by atoms with Crippen molar-refractivity contribution in [3.8, 4) is 0 Å². The third kappa shape index (κ3) is 2.52. The SMILES string of the molecule is Cc1ccnc(Nc2ncnc(N3CCc4ccccc43)c2N)c1. The van der Waals surface area contributed by atoms with Crippen LogP contribution in [0, 0.1) is 6.92 Å². The van der Waals surface area contributed by atoms with E-state index >= 15 is 0 Å². The quantitative estimate of drug-likeness (QED) is 0.772. The van der Waals surface area contributed by atoms with Crippen LogP contribution in [-0.4, -0.2) is 21.5 Å². The number of benzene rings is 1. The molecule has 0 saturated carbocycles. The van der Waals surface area contributed by atoms with Gasteiger partial charge >= 0.3 is 0 Å². The summed E-state index contributed by atoms with van der Waals surface area (Å²) in [7, 11) is 0. The molecule has 0 atom stereocenters. The van der Waals surface area contributed by atoms with E-state index in [0.29, 0.717) is 17.3 Å². The summed E-state index contributed by atoms with van der Waals surface area (Å²) in [5, 5.41) is 3.19. The van der Waals surface area contributed by atoms with Crippen LogP contribution in [0.15, 0.2) is 48.9 Å². The highest BCUT2D eigenvalue weighted by molar-refractivity contribution is 5.82.